The molecule has 1 saturated heterocycles. The first kappa shape index (κ1) is 19.2. The van der Waals surface area contributed by atoms with Crippen LogP contribution >= 0.6 is 0 Å². The Morgan fingerprint density at radius 3 is 2.44 bits per heavy atom. The Bertz CT molecular complexity index is 595. The van der Waals surface area contributed by atoms with E-state index in [9.17, 15) is 9.59 Å². The molecule has 1 aromatic carbocycles. The van der Waals surface area contributed by atoms with Gasteiger partial charge in [0, 0.05) is 6.04 Å². The highest BCUT2D eigenvalue weighted by Gasteiger charge is 2.28. The van der Waals surface area contributed by atoms with Crippen LogP contribution in [0.15, 0.2) is 24.3 Å². The van der Waals surface area contributed by atoms with Gasteiger partial charge < -0.3 is 20.3 Å². The van der Waals surface area contributed by atoms with Crippen molar-refractivity contribution in [1.29, 1.82) is 0 Å². The maximum atomic E-state index is 12.7. The highest BCUT2D eigenvalue weighted by atomic mass is 16.5. The van der Waals surface area contributed by atoms with Gasteiger partial charge in [0.05, 0.1) is 12.7 Å². The Labute approximate surface area is 149 Å². The van der Waals surface area contributed by atoms with Gasteiger partial charge in [-0.2, -0.15) is 0 Å². The minimum Gasteiger partial charge on any atom is -0.496 e. The zero-order chi connectivity index (χ0) is 18.4. The van der Waals surface area contributed by atoms with Crippen LogP contribution in [0.5, 0.6) is 5.75 Å². The van der Waals surface area contributed by atoms with E-state index >= 15 is 0 Å². The van der Waals surface area contributed by atoms with Crippen molar-refractivity contribution in [3.05, 3.63) is 29.8 Å². The molecule has 25 heavy (non-hydrogen) atoms. The third-order valence-corrected chi connectivity index (χ3v) is 4.65. The van der Waals surface area contributed by atoms with E-state index in [1.54, 1.807) is 18.2 Å². The maximum absolute atomic E-state index is 12.7. The first-order valence-corrected chi connectivity index (χ1v) is 8.85. The van der Waals surface area contributed by atoms with E-state index in [1.807, 2.05) is 19.9 Å². The lowest BCUT2D eigenvalue weighted by molar-refractivity contribution is -0.125. The molecule has 138 valence electrons. The first-order valence-electron chi connectivity index (χ1n) is 8.85. The minimum atomic E-state index is -0.572. The SMILES string of the molecule is COc1ccccc1C(=O)NC(C(=O)NC1CCN(C)CC1)C(C)C. The Morgan fingerprint density at radius 1 is 1.20 bits per heavy atom. The van der Waals surface area contributed by atoms with Gasteiger partial charge in [-0.1, -0.05) is 26.0 Å². The van der Waals surface area contributed by atoms with Gasteiger partial charge in [0.1, 0.15) is 11.8 Å². The minimum absolute atomic E-state index is 0.00933. The number of carbonyl (C=O) groups excluding carboxylic acids is 2. The molecule has 1 aliphatic rings. The second kappa shape index (κ2) is 8.85. The van der Waals surface area contributed by atoms with Gasteiger partial charge in [0.2, 0.25) is 5.91 Å². The van der Waals surface area contributed by atoms with Gasteiger partial charge in [-0.25, -0.2) is 0 Å². The van der Waals surface area contributed by atoms with Gasteiger partial charge in [0.15, 0.2) is 0 Å². The van der Waals surface area contributed by atoms with E-state index < -0.39 is 6.04 Å². The molecule has 6 heteroatoms. The molecule has 1 unspecified atom stereocenters. The summed E-state index contributed by atoms with van der Waals surface area (Å²) in [5, 5.41) is 5.96. The Morgan fingerprint density at radius 2 is 1.84 bits per heavy atom. The Hall–Kier alpha value is -2.08. The number of rotatable bonds is 6. The number of hydrogen-bond donors (Lipinski definition) is 2. The summed E-state index contributed by atoms with van der Waals surface area (Å²) >= 11 is 0. The van der Waals surface area contributed by atoms with Crippen molar-refractivity contribution < 1.29 is 14.3 Å². The van der Waals surface area contributed by atoms with Gasteiger partial charge in [-0.3, -0.25) is 9.59 Å². The van der Waals surface area contributed by atoms with Crippen LogP contribution in [-0.2, 0) is 4.79 Å². The topological polar surface area (TPSA) is 70.7 Å². The van der Waals surface area contributed by atoms with Crippen LogP contribution in [0.4, 0.5) is 0 Å². The standard InChI is InChI=1S/C19H29N3O3/c1-13(2)17(19(24)20-14-9-11-22(3)12-10-14)21-18(23)15-7-5-6-8-16(15)25-4/h5-8,13-14,17H,9-12H2,1-4H3,(H,20,24)(H,21,23). The van der Waals surface area contributed by atoms with Gasteiger partial charge in [0.25, 0.3) is 5.91 Å². The monoisotopic (exact) mass is 347 g/mol. The van der Waals surface area contributed by atoms with E-state index in [2.05, 4.69) is 22.6 Å². The summed E-state index contributed by atoms with van der Waals surface area (Å²) in [4.78, 5) is 27.5. The van der Waals surface area contributed by atoms with Crippen LogP contribution in [0.3, 0.4) is 0 Å². The zero-order valence-electron chi connectivity index (χ0n) is 15.5. The number of para-hydroxylation sites is 1. The molecule has 6 nitrogen and oxygen atoms in total. The lowest BCUT2D eigenvalue weighted by atomic mass is 10.00. The van der Waals surface area contributed by atoms with Gasteiger partial charge in [-0.05, 0) is 51.0 Å². The first-order chi connectivity index (χ1) is 11.9. The van der Waals surface area contributed by atoms with E-state index in [0.29, 0.717) is 11.3 Å². The summed E-state index contributed by atoms with van der Waals surface area (Å²) in [5.41, 5.74) is 0.433. The summed E-state index contributed by atoms with van der Waals surface area (Å²) in [6.45, 7) is 5.82. The summed E-state index contributed by atoms with van der Waals surface area (Å²) in [6, 6.07) is 6.62. The van der Waals surface area contributed by atoms with Crippen molar-refractivity contribution in [2.24, 2.45) is 5.92 Å². The van der Waals surface area contributed by atoms with E-state index in [0.717, 1.165) is 25.9 Å². The molecular formula is C19H29N3O3. The molecule has 2 N–H and O–H groups in total. The summed E-state index contributed by atoms with van der Waals surface area (Å²) in [7, 11) is 3.61. The molecular weight excluding hydrogens is 318 g/mol. The molecule has 0 aromatic heterocycles. The number of piperidine rings is 1. The third-order valence-electron chi connectivity index (χ3n) is 4.65. The lowest BCUT2D eigenvalue weighted by Crippen LogP contribution is -2.53. The molecule has 1 aliphatic heterocycles. The molecule has 0 aliphatic carbocycles. The fourth-order valence-electron chi connectivity index (χ4n) is 3.03. The Kier molecular flexibility index (Phi) is 6.82. The number of benzene rings is 1. The fraction of sp³-hybridized carbons (Fsp3) is 0.579. The van der Waals surface area contributed by atoms with E-state index in [1.165, 1.54) is 7.11 Å². The number of nitrogens with zero attached hydrogens (tertiary/aromatic N) is 1. The predicted molar refractivity (Wildman–Crippen MR) is 97.7 cm³/mol. The molecule has 1 atom stereocenters. The predicted octanol–water partition coefficient (Wildman–Crippen LogP) is 1.66. The largest absolute Gasteiger partial charge is 0.496 e. The van der Waals surface area contributed by atoms with Crippen LogP contribution < -0.4 is 15.4 Å². The second-order valence-electron chi connectivity index (χ2n) is 6.98. The molecule has 0 spiro atoms. The van der Waals surface area contributed by atoms with E-state index in [-0.39, 0.29) is 23.8 Å². The van der Waals surface area contributed by atoms with Crippen LogP contribution in [0.25, 0.3) is 0 Å². The molecule has 1 heterocycles. The molecule has 2 rings (SSSR count). The van der Waals surface area contributed by atoms with Crippen LogP contribution in [0.2, 0.25) is 0 Å². The van der Waals surface area contributed by atoms with Gasteiger partial charge in [-0.15, -0.1) is 0 Å². The third kappa shape index (κ3) is 5.19. The van der Waals surface area contributed by atoms with Crippen molar-refractivity contribution >= 4 is 11.8 Å². The van der Waals surface area contributed by atoms with E-state index in [4.69, 9.17) is 4.74 Å². The molecule has 0 bridgehead atoms. The van der Waals surface area contributed by atoms with Crippen molar-refractivity contribution in [1.82, 2.24) is 15.5 Å². The lowest BCUT2D eigenvalue weighted by Gasteiger charge is -2.31. The molecule has 1 fully saturated rings. The number of amides is 2. The highest BCUT2D eigenvalue weighted by molar-refractivity contribution is 5.99. The average Bonchev–Trinajstić information content (AvgIpc) is 2.60. The number of nitrogens with one attached hydrogen (secondary N) is 2. The molecule has 0 saturated carbocycles. The smallest absolute Gasteiger partial charge is 0.255 e. The van der Waals surface area contributed by atoms with Crippen LogP contribution in [0, 0.1) is 5.92 Å². The number of likely N-dealkylation sites (tertiary alicyclic amines) is 1. The van der Waals surface area contributed by atoms with Crippen molar-refractivity contribution in [3.63, 3.8) is 0 Å². The maximum Gasteiger partial charge on any atom is 0.255 e. The summed E-state index contributed by atoms with van der Waals surface area (Å²) in [6.07, 6.45) is 1.88. The van der Waals surface area contributed by atoms with Gasteiger partial charge >= 0.3 is 0 Å². The van der Waals surface area contributed by atoms with Crippen molar-refractivity contribution in [2.45, 2.75) is 38.8 Å². The summed E-state index contributed by atoms with van der Waals surface area (Å²) < 4.78 is 5.23. The molecule has 1 aromatic rings. The van der Waals surface area contributed by atoms with Crippen LogP contribution in [0.1, 0.15) is 37.0 Å². The Balaban J connectivity index is 2.02. The highest BCUT2D eigenvalue weighted by Crippen LogP contribution is 2.18. The summed E-state index contributed by atoms with van der Waals surface area (Å²) in [5.74, 6) is 0.0747. The fourth-order valence-corrected chi connectivity index (χ4v) is 3.03. The average molecular weight is 347 g/mol. The molecule has 2 amide bonds. The normalized spacial score (nSPS) is 17.2. The second-order valence-corrected chi connectivity index (χ2v) is 6.98. The quantitative estimate of drug-likeness (QED) is 0.821. The van der Waals surface area contributed by atoms with Crippen LogP contribution in [-0.4, -0.2) is 56.0 Å². The van der Waals surface area contributed by atoms with Crippen molar-refractivity contribution in [3.8, 4) is 5.75 Å². The number of hydrogen-bond acceptors (Lipinski definition) is 4. The number of ether oxygens (including phenoxy) is 1. The molecule has 0 radical (unpaired) electrons. The zero-order valence-corrected chi connectivity index (χ0v) is 15.5. The van der Waals surface area contributed by atoms with Crippen molar-refractivity contribution in [2.75, 3.05) is 27.2 Å². The number of carbonyl (C=O) groups is 2. The number of methoxy groups -OCH3 is 1.